The molecule has 18 heavy (non-hydrogen) atoms. The summed E-state index contributed by atoms with van der Waals surface area (Å²) in [6.45, 7) is 3.27. The van der Waals surface area contributed by atoms with E-state index in [4.69, 9.17) is 5.73 Å². The van der Waals surface area contributed by atoms with Gasteiger partial charge in [0.15, 0.2) is 0 Å². The molecule has 7 heteroatoms. The lowest BCUT2D eigenvalue weighted by atomic mass is 10.1. The van der Waals surface area contributed by atoms with Crippen molar-refractivity contribution in [3.63, 3.8) is 0 Å². The van der Waals surface area contributed by atoms with E-state index in [0.717, 1.165) is 11.3 Å². The minimum Gasteiger partial charge on any atom is -0.465 e. The molecule has 98 valence electrons. The summed E-state index contributed by atoms with van der Waals surface area (Å²) in [6.07, 6.45) is 0.267. The molecule has 0 radical (unpaired) electrons. The standard InChI is InChI=1S/C11H14N2O4S/c1-4-6(14)13-10-7(9(12)15)5(2)8(18-10)11(16)17-3/h4H2,1-3H3,(H2,12,15)(H,13,14). The number of anilines is 1. The van der Waals surface area contributed by atoms with Crippen LogP contribution in [-0.2, 0) is 9.53 Å². The lowest BCUT2D eigenvalue weighted by Crippen LogP contribution is -2.16. The highest BCUT2D eigenvalue weighted by molar-refractivity contribution is 7.18. The fourth-order valence-corrected chi connectivity index (χ4v) is 2.55. The van der Waals surface area contributed by atoms with Crippen molar-refractivity contribution in [1.29, 1.82) is 0 Å². The molecule has 0 fully saturated rings. The number of carbonyl (C=O) groups excluding carboxylic acids is 3. The van der Waals surface area contributed by atoms with Crippen LogP contribution in [0.1, 0.15) is 38.9 Å². The van der Waals surface area contributed by atoms with Gasteiger partial charge in [0.1, 0.15) is 9.88 Å². The largest absolute Gasteiger partial charge is 0.465 e. The molecule has 0 atom stereocenters. The van der Waals surface area contributed by atoms with Crippen LogP contribution in [-0.4, -0.2) is 24.9 Å². The maximum Gasteiger partial charge on any atom is 0.348 e. The summed E-state index contributed by atoms with van der Waals surface area (Å²) in [5, 5.41) is 2.84. The smallest absolute Gasteiger partial charge is 0.348 e. The van der Waals surface area contributed by atoms with Gasteiger partial charge in [0.2, 0.25) is 5.91 Å². The van der Waals surface area contributed by atoms with Gasteiger partial charge in [-0.3, -0.25) is 9.59 Å². The van der Waals surface area contributed by atoms with Gasteiger partial charge in [0.25, 0.3) is 5.91 Å². The summed E-state index contributed by atoms with van der Waals surface area (Å²) in [7, 11) is 1.25. The highest BCUT2D eigenvalue weighted by atomic mass is 32.1. The number of nitrogens with one attached hydrogen (secondary N) is 1. The van der Waals surface area contributed by atoms with Crippen LogP contribution in [0.15, 0.2) is 0 Å². The van der Waals surface area contributed by atoms with Gasteiger partial charge in [0, 0.05) is 6.42 Å². The van der Waals surface area contributed by atoms with E-state index in [0.29, 0.717) is 5.56 Å². The monoisotopic (exact) mass is 270 g/mol. The number of methoxy groups -OCH3 is 1. The van der Waals surface area contributed by atoms with Crippen molar-refractivity contribution in [2.24, 2.45) is 5.73 Å². The van der Waals surface area contributed by atoms with E-state index in [1.807, 2.05) is 0 Å². The Morgan fingerprint density at radius 3 is 2.44 bits per heavy atom. The van der Waals surface area contributed by atoms with Gasteiger partial charge in [-0.05, 0) is 12.5 Å². The molecule has 0 spiro atoms. The van der Waals surface area contributed by atoms with Crippen LogP contribution in [0.25, 0.3) is 0 Å². The molecule has 0 aliphatic heterocycles. The van der Waals surface area contributed by atoms with E-state index in [2.05, 4.69) is 10.1 Å². The molecule has 0 bridgehead atoms. The van der Waals surface area contributed by atoms with Gasteiger partial charge in [-0.2, -0.15) is 0 Å². The van der Waals surface area contributed by atoms with E-state index in [-0.39, 0.29) is 27.8 Å². The molecule has 6 nitrogen and oxygen atoms in total. The number of primary amides is 1. The molecular weight excluding hydrogens is 256 g/mol. The normalized spacial score (nSPS) is 9.94. The third-order valence-electron chi connectivity index (χ3n) is 2.34. The van der Waals surface area contributed by atoms with E-state index in [9.17, 15) is 14.4 Å². The van der Waals surface area contributed by atoms with Crippen LogP contribution >= 0.6 is 11.3 Å². The number of rotatable bonds is 4. The molecule has 0 aliphatic carbocycles. The fraction of sp³-hybridized carbons (Fsp3) is 0.364. The fourth-order valence-electron chi connectivity index (χ4n) is 1.40. The molecule has 3 N–H and O–H groups in total. The van der Waals surface area contributed by atoms with Gasteiger partial charge in [-0.1, -0.05) is 6.92 Å². The predicted octanol–water partition coefficient (Wildman–Crippen LogP) is 1.29. The van der Waals surface area contributed by atoms with E-state index in [1.54, 1.807) is 13.8 Å². The van der Waals surface area contributed by atoms with E-state index >= 15 is 0 Å². The zero-order valence-electron chi connectivity index (χ0n) is 10.3. The number of esters is 1. The number of nitrogens with two attached hydrogens (primary N) is 1. The van der Waals surface area contributed by atoms with Crippen molar-refractivity contribution < 1.29 is 19.1 Å². The molecule has 0 aromatic carbocycles. The molecule has 0 aliphatic rings. The maximum atomic E-state index is 11.5. The number of carbonyl (C=O) groups is 3. The quantitative estimate of drug-likeness (QED) is 0.805. The Bertz CT molecular complexity index is 507. The average molecular weight is 270 g/mol. The summed E-state index contributed by atoms with van der Waals surface area (Å²) in [5.41, 5.74) is 5.83. The first-order chi connectivity index (χ1) is 8.42. The minimum absolute atomic E-state index is 0.155. The third-order valence-corrected chi connectivity index (χ3v) is 3.53. The summed E-state index contributed by atoms with van der Waals surface area (Å²) >= 11 is 0.984. The van der Waals surface area contributed by atoms with E-state index in [1.165, 1.54) is 7.11 Å². The topological polar surface area (TPSA) is 98.5 Å². The Kier molecular flexibility index (Phi) is 4.43. The Labute approximate surface area is 108 Å². The lowest BCUT2D eigenvalue weighted by Gasteiger charge is -2.02. The molecule has 0 saturated carbocycles. The minimum atomic E-state index is -0.690. The highest BCUT2D eigenvalue weighted by Crippen LogP contribution is 2.33. The first kappa shape index (κ1) is 14.2. The zero-order chi connectivity index (χ0) is 13.9. The van der Waals surface area contributed by atoms with Gasteiger partial charge in [-0.25, -0.2) is 4.79 Å². The number of hydrogen-bond donors (Lipinski definition) is 2. The van der Waals surface area contributed by atoms with Gasteiger partial charge in [0.05, 0.1) is 12.7 Å². The van der Waals surface area contributed by atoms with Crippen LogP contribution < -0.4 is 11.1 Å². The van der Waals surface area contributed by atoms with Crippen LogP contribution in [0, 0.1) is 6.92 Å². The number of hydrogen-bond acceptors (Lipinski definition) is 5. The van der Waals surface area contributed by atoms with Crippen LogP contribution in [0.5, 0.6) is 0 Å². The summed E-state index contributed by atoms with van der Waals surface area (Å²) in [5.74, 6) is -1.50. The molecule has 1 aromatic rings. The molecule has 2 amide bonds. The van der Waals surface area contributed by atoms with Crippen molar-refractivity contribution in [2.75, 3.05) is 12.4 Å². The lowest BCUT2D eigenvalue weighted by molar-refractivity contribution is -0.115. The number of thiophene rings is 1. The molecule has 0 saturated heterocycles. The Morgan fingerprint density at radius 1 is 1.39 bits per heavy atom. The molecule has 1 aromatic heterocycles. The maximum absolute atomic E-state index is 11.5. The second-order valence-electron chi connectivity index (χ2n) is 3.52. The van der Waals surface area contributed by atoms with Crippen molar-refractivity contribution >= 4 is 34.1 Å². The Morgan fingerprint density at radius 2 is 2.00 bits per heavy atom. The second-order valence-corrected chi connectivity index (χ2v) is 4.54. The van der Waals surface area contributed by atoms with Crippen LogP contribution in [0.4, 0.5) is 5.00 Å². The van der Waals surface area contributed by atoms with Crippen LogP contribution in [0.3, 0.4) is 0 Å². The Balaban J connectivity index is 3.28. The van der Waals surface area contributed by atoms with Gasteiger partial charge in [-0.15, -0.1) is 11.3 Å². The Hall–Kier alpha value is -1.89. The average Bonchev–Trinajstić information content (AvgIpc) is 2.65. The molecule has 1 rings (SSSR count). The second kappa shape index (κ2) is 5.63. The van der Waals surface area contributed by atoms with E-state index < -0.39 is 11.9 Å². The van der Waals surface area contributed by atoms with Gasteiger partial charge >= 0.3 is 5.97 Å². The summed E-state index contributed by atoms with van der Waals surface area (Å²) in [6, 6.07) is 0. The van der Waals surface area contributed by atoms with Crippen molar-refractivity contribution in [3.05, 3.63) is 16.0 Å². The highest BCUT2D eigenvalue weighted by Gasteiger charge is 2.24. The first-order valence-electron chi connectivity index (χ1n) is 5.23. The first-order valence-corrected chi connectivity index (χ1v) is 6.05. The number of amides is 2. The zero-order valence-corrected chi connectivity index (χ0v) is 11.1. The van der Waals surface area contributed by atoms with Crippen molar-refractivity contribution in [3.8, 4) is 0 Å². The van der Waals surface area contributed by atoms with Crippen molar-refractivity contribution in [1.82, 2.24) is 0 Å². The third kappa shape index (κ3) is 2.67. The van der Waals surface area contributed by atoms with Crippen LogP contribution in [0.2, 0.25) is 0 Å². The summed E-state index contributed by atoms with van der Waals surface area (Å²) in [4.78, 5) is 34.5. The molecular formula is C11H14N2O4S. The molecule has 1 heterocycles. The molecule has 0 unspecified atom stereocenters. The SMILES string of the molecule is CCC(=O)Nc1sc(C(=O)OC)c(C)c1C(N)=O. The van der Waals surface area contributed by atoms with Crippen molar-refractivity contribution in [2.45, 2.75) is 20.3 Å². The van der Waals surface area contributed by atoms with Gasteiger partial charge < -0.3 is 15.8 Å². The summed E-state index contributed by atoms with van der Waals surface area (Å²) < 4.78 is 4.60. The number of ether oxygens (including phenoxy) is 1. The predicted molar refractivity (Wildman–Crippen MR) is 67.8 cm³/mol.